The van der Waals surface area contributed by atoms with Gasteiger partial charge in [0.2, 0.25) is 5.91 Å². The first-order chi connectivity index (χ1) is 12.1. The molecule has 0 aromatic heterocycles. The topological polar surface area (TPSA) is 65.5 Å². The van der Waals surface area contributed by atoms with Crippen molar-refractivity contribution >= 4 is 29.2 Å². The number of carbonyl (C=O) groups excluding carboxylic acids is 1. The molecule has 2 rings (SSSR count). The van der Waals surface area contributed by atoms with Crippen molar-refractivity contribution in [3.8, 4) is 0 Å². The molecule has 0 unspecified atom stereocenters. The molecule has 0 bridgehead atoms. The van der Waals surface area contributed by atoms with Crippen LogP contribution in [0.2, 0.25) is 5.02 Å². The van der Waals surface area contributed by atoms with Gasteiger partial charge in [0, 0.05) is 17.3 Å². The number of nitrogens with zero attached hydrogens (tertiary/aromatic N) is 1. The first kappa shape index (κ1) is 18.7. The molecule has 3 N–H and O–H groups in total. The van der Waals surface area contributed by atoms with Crippen molar-refractivity contribution in [3.63, 3.8) is 0 Å². The van der Waals surface area contributed by atoms with E-state index in [0.29, 0.717) is 29.8 Å². The predicted molar refractivity (Wildman–Crippen MR) is 99.3 cm³/mol. The van der Waals surface area contributed by atoms with Crippen molar-refractivity contribution in [2.75, 3.05) is 18.4 Å². The van der Waals surface area contributed by atoms with Crippen LogP contribution in [0.15, 0.2) is 53.5 Å². The summed E-state index contributed by atoms with van der Waals surface area (Å²) in [5.41, 5.74) is 1.30. The van der Waals surface area contributed by atoms with Crippen molar-refractivity contribution in [2.24, 2.45) is 4.99 Å². The minimum atomic E-state index is -0.402. The number of guanidine groups is 1. The standard InChI is InChI=1S/C18H20ClFN4O/c1-2-21-18(22-11-13-6-3-4-9-16(13)19)23-12-17(25)24-15-8-5-7-14(20)10-15/h3-10H,2,11-12H2,1H3,(H,24,25)(H2,21,22,23). The fourth-order valence-corrected chi connectivity index (χ4v) is 2.26. The minimum Gasteiger partial charge on any atom is -0.357 e. The normalized spacial score (nSPS) is 11.1. The van der Waals surface area contributed by atoms with Gasteiger partial charge in [-0.25, -0.2) is 9.38 Å². The van der Waals surface area contributed by atoms with E-state index in [4.69, 9.17) is 11.6 Å². The molecule has 0 heterocycles. The SMILES string of the molecule is CCNC(=NCc1ccccc1Cl)NCC(=O)Nc1cccc(F)c1. The largest absolute Gasteiger partial charge is 0.357 e. The molecular formula is C18H20ClFN4O. The van der Waals surface area contributed by atoms with E-state index in [0.717, 1.165) is 5.56 Å². The maximum Gasteiger partial charge on any atom is 0.243 e. The molecule has 0 aliphatic rings. The Labute approximate surface area is 151 Å². The number of anilines is 1. The summed E-state index contributed by atoms with van der Waals surface area (Å²) >= 11 is 6.11. The molecule has 0 fully saturated rings. The van der Waals surface area contributed by atoms with E-state index in [2.05, 4.69) is 20.9 Å². The highest BCUT2D eigenvalue weighted by molar-refractivity contribution is 6.31. The van der Waals surface area contributed by atoms with Gasteiger partial charge in [0.05, 0.1) is 13.1 Å². The second kappa shape index (κ2) is 9.64. The van der Waals surface area contributed by atoms with Crippen LogP contribution >= 0.6 is 11.6 Å². The molecule has 0 saturated carbocycles. The van der Waals surface area contributed by atoms with Crippen molar-refractivity contribution in [3.05, 3.63) is 64.9 Å². The Kier molecular flexibility index (Phi) is 7.22. The average molecular weight is 363 g/mol. The van der Waals surface area contributed by atoms with Gasteiger partial charge in [-0.15, -0.1) is 0 Å². The Hall–Kier alpha value is -2.60. The zero-order chi connectivity index (χ0) is 18.1. The number of nitrogens with one attached hydrogen (secondary N) is 3. The summed E-state index contributed by atoms with van der Waals surface area (Å²) in [6.45, 7) is 2.98. The summed E-state index contributed by atoms with van der Waals surface area (Å²) in [6, 6.07) is 13.2. The molecule has 0 aliphatic heterocycles. The molecule has 25 heavy (non-hydrogen) atoms. The highest BCUT2D eigenvalue weighted by Crippen LogP contribution is 2.15. The Morgan fingerprint density at radius 2 is 1.96 bits per heavy atom. The molecule has 1 amide bonds. The van der Waals surface area contributed by atoms with Crippen LogP contribution in [0.5, 0.6) is 0 Å². The summed E-state index contributed by atoms with van der Waals surface area (Å²) in [4.78, 5) is 16.4. The number of hydrogen-bond acceptors (Lipinski definition) is 2. The van der Waals surface area contributed by atoms with E-state index in [1.807, 2.05) is 25.1 Å². The molecule has 132 valence electrons. The van der Waals surface area contributed by atoms with E-state index in [1.54, 1.807) is 12.1 Å². The van der Waals surface area contributed by atoms with Crippen LogP contribution in [0.3, 0.4) is 0 Å². The van der Waals surface area contributed by atoms with Crippen LogP contribution < -0.4 is 16.0 Å². The second-order valence-electron chi connectivity index (χ2n) is 5.20. The number of carbonyl (C=O) groups is 1. The van der Waals surface area contributed by atoms with Crippen LogP contribution in [0.4, 0.5) is 10.1 Å². The molecule has 5 nitrogen and oxygen atoms in total. The lowest BCUT2D eigenvalue weighted by Crippen LogP contribution is -2.41. The molecule has 7 heteroatoms. The number of halogens is 2. The van der Waals surface area contributed by atoms with Gasteiger partial charge in [-0.05, 0) is 36.8 Å². The third-order valence-corrected chi connectivity index (χ3v) is 3.60. The first-order valence-electron chi connectivity index (χ1n) is 7.89. The molecule has 0 radical (unpaired) electrons. The number of benzene rings is 2. The van der Waals surface area contributed by atoms with Crippen molar-refractivity contribution in [2.45, 2.75) is 13.5 Å². The quantitative estimate of drug-likeness (QED) is 0.546. The monoisotopic (exact) mass is 362 g/mol. The van der Waals surface area contributed by atoms with Gasteiger partial charge in [0.25, 0.3) is 0 Å². The van der Waals surface area contributed by atoms with Crippen LogP contribution in [0.25, 0.3) is 0 Å². The molecule has 2 aromatic rings. The lowest BCUT2D eigenvalue weighted by molar-refractivity contribution is -0.115. The fraction of sp³-hybridized carbons (Fsp3) is 0.222. The summed E-state index contributed by atoms with van der Waals surface area (Å²) < 4.78 is 13.1. The van der Waals surface area contributed by atoms with Crippen LogP contribution in [-0.4, -0.2) is 25.0 Å². The lowest BCUT2D eigenvalue weighted by Gasteiger charge is -2.12. The smallest absolute Gasteiger partial charge is 0.243 e. The zero-order valence-corrected chi connectivity index (χ0v) is 14.6. The number of amides is 1. The second-order valence-corrected chi connectivity index (χ2v) is 5.61. The number of hydrogen-bond donors (Lipinski definition) is 3. The van der Waals surface area contributed by atoms with Crippen LogP contribution in [0.1, 0.15) is 12.5 Å². The van der Waals surface area contributed by atoms with Crippen molar-refractivity contribution in [1.82, 2.24) is 10.6 Å². The third-order valence-electron chi connectivity index (χ3n) is 3.23. The summed E-state index contributed by atoms with van der Waals surface area (Å²) in [6.07, 6.45) is 0. The predicted octanol–water partition coefficient (Wildman–Crippen LogP) is 3.17. The van der Waals surface area contributed by atoms with Crippen LogP contribution in [0, 0.1) is 5.82 Å². The summed E-state index contributed by atoms with van der Waals surface area (Å²) in [5.74, 6) is -0.203. The zero-order valence-electron chi connectivity index (χ0n) is 13.9. The van der Waals surface area contributed by atoms with Gasteiger partial charge < -0.3 is 16.0 Å². The minimum absolute atomic E-state index is 0.00483. The summed E-state index contributed by atoms with van der Waals surface area (Å²) in [5, 5.41) is 9.25. The summed E-state index contributed by atoms with van der Waals surface area (Å²) in [7, 11) is 0. The van der Waals surface area contributed by atoms with Gasteiger partial charge in [0.15, 0.2) is 5.96 Å². The van der Waals surface area contributed by atoms with Gasteiger partial charge in [-0.1, -0.05) is 35.9 Å². The van der Waals surface area contributed by atoms with E-state index >= 15 is 0 Å². The average Bonchev–Trinajstić information content (AvgIpc) is 2.58. The molecule has 0 atom stereocenters. The van der Waals surface area contributed by atoms with E-state index in [1.165, 1.54) is 18.2 Å². The van der Waals surface area contributed by atoms with Crippen molar-refractivity contribution < 1.29 is 9.18 Å². The Bertz CT molecular complexity index is 751. The molecule has 0 spiro atoms. The molecular weight excluding hydrogens is 343 g/mol. The van der Waals surface area contributed by atoms with Gasteiger partial charge in [-0.3, -0.25) is 4.79 Å². The van der Waals surface area contributed by atoms with Crippen LogP contribution in [-0.2, 0) is 11.3 Å². The number of aliphatic imine (C=N–C) groups is 1. The molecule has 2 aromatic carbocycles. The maximum absolute atomic E-state index is 13.1. The van der Waals surface area contributed by atoms with E-state index < -0.39 is 5.82 Å². The lowest BCUT2D eigenvalue weighted by atomic mass is 10.2. The van der Waals surface area contributed by atoms with Gasteiger partial charge in [-0.2, -0.15) is 0 Å². The van der Waals surface area contributed by atoms with E-state index in [-0.39, 0.29) is 12.5 Å². The number of rotatable bonds is 6. The maximum atomic E-state index is 13.1. The fourth-order valence-electron chi connectivity index (χ4n) is 2.07. The highest BCUT2D eigenvalue weighted by Gasteiger charge is 2.05. The first-order valence-corrected chi connectivity index (χ1v) is 8.27. The van der Waals surface area contributed by atoms with Crippen molar-refractivity contribution in [1.29, 1.82) is 0 Å². The Balaban J connectivity index is 1.91. The van der Waals surface area contributed by atoms with E-state index in [9.17, 15) is 9.18 Å². The third kappa shape index (κ3) is 6.43. The molecule has 0 aliphatic carbocycles. The Morgan fingerprint density at radius 3 is 2.68 bits per heavy atom. The molecule has 0 saturated heterocycles. The van der Waals surface area contributed by atoms with Gasteiger partial charge in [0.1, 0.15) is 5.82 Å². The van der Waals surface area contributed by atoms with Gasteiger partial charge >= 0.3 is 0 Å². The highest BCUT2D eigenvalue weighted by atomic mass is 35.5. The Morgan fingerprint density at radius 1 is 1.16 bits per heavy atom.